The largest absolute Gasteiger partial charge is 0.312 e. The van der Waals surface area contributed by atoms with Crippen LogP contribution in [0.15, 0.2) is 47.2 Å². The molecule has 7 heteroatoms. The van der Waals surface area contributed by atoms with E-state index >= 15 is 0 Å². The van der Waals surface area contributed by atoms with Crippen molar-refractivity contribution < 1.29 is 9.59 Å². The van der Waals surface area contributed by atoms with Gasteiger partial charge in [0.25, 0.3) is 0 Å². The number of hydrogen-bond donors (Lipinski definition) is 1. The highest BCUT2D eigenvalue weighted by Crippen LogP contribution is 2.28. The Morgan fingerprint density at radius 2 is 2.04 bits per heavy atom. The monoisotopic (exact) mass is 383 g/mol. The number of thiophene rings is 1. The summed E-state index contributed by atoms with van der Waals surface area (Å²) >= 11 is 3.05. The Bertz CT molecular complexity index is 917. The zero-order valence-electron chi connectivity index (χ0n) is 14.0. The fourth-order valence-corrected chi connectivity index (χ4v) is 4.42. The molecule has 132 valence electrons. The van der Waals surface area contributed by atoms with Gasteiger partial charge in [0.15, 0.2) is 5.13 Å². The van der Waals surface area contributed by atoms with E-state index in [1.54, 1.807) is 16.2 Å². The number of benzene rings is 1. The minimum Gasteiger partial charge on any atom is -0.312 e. The van der Waals surface area contributed by atoms with Crippen molar-refractivity contribution in [3.8, 4) is 10.6 Å². The van der Waals surface area contributed by atoms with Gasteiger partial charge in [-0.05, 0) is 35.6 Å². The quantitative estimate of drug-likeness (QED) is 0.719. The lowest BCUT2D eigenvalue weighted by atomic mass is 10.1. The number of aromatic nitrogens is 1. The molecule has 0 atom stereocenters. The normalized spacial score (nSPS) is 14.0. The second-order valence-corrected chi connectivity index (χ2v) is 7.86. The Morgan fingerprint density at radius 1 is 1.19 bits per heavy atom. The van der Waals surface area contributed by atoms with Crippen LogP contribution in [0, 0.1) is 0 Å². The van der Waals surface area contributed by atoms with Gasteiger partial charge in [-0.15, -0.1) is 22.7 Å². The summed E-state index contributed by atoms with van der Waals surface area (Å²) in [6.45, 7) is 0.773. The second kappa shape index (κ2) is 7.39. The summed E-state index contributed by atoms with van der Waals surface area (Å²) in [7, 11) is 0. The fourth-order valence-electron chi connectivity index (χ4n) is 2.93. The molecule has 5 nitrogen and oxygen atoms in total. The highest BCUT2D eigenvalue weighted by Gasteiger charge is 2.21. The van der Waals surface area contributed by atoms with E-state index in [9.17, 15) is 9.59 Å². The van der Waals surface area contributed by atoms with Crippen molar-refractivity contribution in [3.05, 3.63) is 52.7 Å². The average Bonchev–Trinajstić information content (AvgIpc) is 3.37. The second-order valence-electron chi connectivity index (χ2n) is 6.06. The Kier molecular flexibility index (Phi) is 4.81. The zero-order chi connectivity index (χ0) is 17.9. The Labute approximate surface area is 159 Å². The van der Waals surface area contributed by atoms with Gasteiger partial charge in [-0.1, -0.05) is 18.2 Å². The molecule has 2 amide bonds. The Balaban J connectivity index is 1.37. The van der Waals surface area contributed by atoms with Crippen LogP contribution in [0.3, 0.4) is 0 Å². The third kappa shape index (κ3) is 3.68. The molecule has 0 aliphatic carbocycles. The van der Waals surface area contributed by atoms with Crippen molar-refractivity contribution in [1.29, 1.82) is 0 Å². The maximum atomic E-state index is 12.3. The Morgan fingerprint density at radius 3 is 2.73 bits per heavy atom. The number of nitrogens with one attached hydrogen (secondary N) is 1. The zero-order valence-corrected chi connectivity index (χ0v) is 15.6. The summed E-state index contributed by atoms with van der Waals surface area (Å²) in [5.41, 5.74) is 2.70. The predicted octanol–water partition coefficient (Wildman–Crippen LogP) is 4.18. The van der Waals surface area contributed by atoms with Crippen molar-refractivity contribution in [3.63, 3.8) is 0 Å². The van der Waals surface area contributed by atoms with Crippen molar-refractivity contribution >= 4 is 45.3 Å². The van der Waals surface area contributed by atoms with Crippen molar-refractivity contribution in [2.45, 2.75) is 19.3 Å². The smallest absolute Gasteiger partial charge is 0.230 e. The summed E-state index contributed by atoms with van der Waals surface area (Å²) in [5, 5.41) is 7.42. The Hall–Kier alpha value is -2.51. The maximum absolute atomic E-state index is 12.3. The average molecular weight is 383 g/mol. The molecule has 2 aromatic heterocycles. The molecular formula is C19H17N3O2S2. The van der Waals surface area contributed by atoms with Crippen LogP contribution in [0.2, 0.25) is 0 Å². The number of thiazole rings is 1. The fraction of sp³-hybridized carbons (Fsp3) is 0.211. The van der Waals surface area contributed by atoms with Gasteiger partial charge in [0.1, 0.15) is 0 Å². The molecule has 3 aromatic rings. The summed E-state index contributed by atoms with van der Waals surface area (Å²) < 4.78 is 0. The highest BCUT2D eigenvalue weighted by molar-refractivity contribution is 7.16. The van der Waals surface area contributed by atoms with Gasteiger partial charge in [0, 0.05) is 24.0 Å². The number of anilines is 2. The van der Waals surface area contributed by atoms with E-state index in [-0.39, 0.29) is 18.2 Å². The number of carbonyl (C=O) groups excluding carboxylic acids is 2. The van der Waals surface area contributed by atoms with E-state index in [0.717, 1.165) is 34.8 Å². The molecule has 1 aromatic carbocycles. The standard InChI is InChI=1S/C19H17N3O2S2/c23-17(21-19-20-15(12-26-19)16-3-2-10-25-16)11-13-5-7-14(8-6-13)22-9-1-4-18(22)24/h2-3,5-8,10,12H,1,4,9,11H2,(H,20,21,23). The molecule has 4 rings (SSSR count). The van der Waals surface area contributed by atoms with Crippen LogP contribution in [-0.4, -0.2) is 23.3 Å². The molecule has 1 aliphatic rings. The minimum absolute atomic E-state index is 0.0953. The molecule has 0 radical (unpaired) electrons. The summed E-state index contributed by atoms with van der Waals surface area (Å²) in [4.78, 5) is 31.4. The van der Waals surface area contributed by atoms with Gasteiger partial charge in [0.05, 0.1) is 17.0 Å². The lowest BCUT2D eigenvalue weighted by molar-refractivity contribution is -0.117. The molecule has 0 bridgehead atoms. The third-order valence-corrected chi connectivity index (χ3v) is 5.86. The lowest BCUT2D eigenvalue weighted by Crippen LogP contribution is -2.23. The van der Waals surface area contributed by atoms with Crippen LogP contribution >= 0.6 is 22.7 Å². The number of carbonyl (C=O) groups is 2. The number of nitrogens with zero attached hydrogens (tertiary/aromatic N) is 2. The topological polar surface area (TPSA) is 62.3 Å². The molecule has 1 aliphatic heterocycles. The molecule has 26 heavy (non-hydrogen) atoms. The van der Waals surface area contributed by atoms with E-state index in [1.807, 2.05) is 47.2 Å². The van der Waals surface area contributed by atoms with Gasteiger partial charge in [-0.3, -0.25) is 9.59 Å². The van der Waals surface area contributed by atoms with Crippen molar-refractivity contribution in [2.75, 3.05) is 16.8 Å². The van der Waals surface area contributed by atoms with Crippen LogP contribution in [-0.2, 0) is 16.0 Å². The van der Waals surface area contributed by atoms with E-state index < -0.39 is 0 Å². The molecule has 1 N–H and O–H groups in total. The molecule has 1 fully saturated rings. The SMILES string of the molecule is O=C(Cc1ccc(N2CCCC2=O)cc1)Nc1nc(-c2cccs2)cs1. The minimum atomic E-state index is -0.0953. The molecule has 0 spiro atoms. The summed E-state index contributed by atoms with van der Waals surface area (Å²) in [5.74, 6) is 0.0721. The molecular weight excluding hydrogens is 366 g/mol. The van der Waals surface area contributed by atoms with Gasteiger partial charge in [-0.2, -0.15) is 0 Å². The van der Waals surface area contributed by atoms with Gasteiger partial charge >= 0.3 is 0 Å². The predicted molar refractivity (Wildman–Crippen MR) is 106 cm³/mol. The first-order chi connectivity index (χ1) is 12.7. The lowest BCUT2D eigenvalue weighted by Gasteiger charge is -2.15. The molecule has 1 saturated heterocycles. The van der Waals surface area contributed by atoms with Crippen LogP contribution in [0.5, 0.6) is 0 Å². The summed E-state index contributed by atoms with van der Waals surface area (Å²) in [6.07, 6.45) is 1.80. The molecule has 0 saturated carbocycles. The van der Waals surface area contributed by atoms with E-state index in [1.165, 1.54) is 11.3 Å². The number of amides is 2. The summed E-state index contributed by atoms with van der Waals surface area (Å²) in [6, 6.07) is 11.6. The number of hydrogen-bond acceptors (Lipinski definition) is 5. The first kappa shape index (κ1) is 16.9. The van der Waals surface area contributed by atoms with E-state index in [4.69, 9.17) is 0 Å². The van der Waals surface area contributed by atoms with E-state index in [0.29, 0.717) is 11.6 Å². The highest BCUT2D eigenvalue weighted by atomic mass is 32.1. The van der Waals surface area contributed by atoms with Crippen LogP contribution < -0.4 is 10.2 Å². The van der Waals surface area contributed by atoms with Gasteiger partial charge in [-0.25, -0.2) is 4.98 Å². The van der Waals surface area contributed by atoms with Gasteiger partial charge < -0.3 is 10.2 Å². The molecule has 0 unspecified atom stereocenters. The number of rotatable bonds is 5. The first-order valence-corrected chi connectivity index (χ1v) is 10.1. The van der Waals surface area contributed by atoms with Crippen LogP contribution in [0.25, 0.3) is 10.6 Å². The van der Waals surface area contributed by atoms with Crippen molar-refractivity contribution in [2.24, 2.45) is 0 Å². The molecule has 3 heterocycles. The first-order valence-electron chi connectivity index (χ1n) is 8.37. The maximum Gasteiger partial charge on any atom is 0.230 e. The van der Waals surface area contributed by atoms with Crippen LogP contribution in [0.1, 0.15) is 18.4 Å². The van der Waals surface area contributed by atoms with Crippen molar-refractivity contribution in [1.82, 2.24) is 4.98 Å². The van der Waals surface area contributed by atoms with E-state index in [2.05, 4.69) is 10.3 Å². The van der Waals surface area contributed by atoms with Gasteiger partial charge in [0.2, 0.25) is 11.8 Å². The third-order valence-electron chi connectivity index (χ3n) is 4.21. The van der Waals surface area contributed by atoms with Crippen LogP contribution in [0.4, 0.5) is 10.8 Å².